The quantitative estimate of drug-likeness (QED) is 0.555. The van der Waals surface area contributed by atoms with Crippen molar-refractivity contribution < 1.29 is 14.3 Å². The number of nitrogens with zero attached hydrogens (tertiary/aromatic N) is 1. The zero-order valence-corrected chi connectivity index (χ0v) is 12.0. The Hall–Kier alpha value is -0.850. The predicted molar refractivity (Wildman–Crippen MR) is 71.9 cm³/mol. The van der Waals surface area contributed by atoms with E-state index >= 15 is 0 Å². The van der Waals surface area contributed by atoms with E-state index in [0.717, 1.165) is 6.54 Å². The Morgan fingerprint density at radius 1 is 1.06 bits per heavy atom. The highest BCUT2D eigenvalue weighted by Gasteiger charge is 2.00. The summed E-state index contributed by atoms with van der Waals surface area (Å²) in [6.07, 6.45) is 0. The maximum Gasteiger partial charge on any atom is 0.316 e. The van der Waals surface area contributed by atoms with Gasteiger partial charge in [-0.05, 0) is 0 Å². The fourth-order valence-corrected chi connectivity index (χ4v) is 1.13. The van der Waals surface area contributed by atoms with E-state index in [4.69, 9.17) is 9.47 Å². The number of rotatable bonds is 10. The van der Waals surface area contributed by atoms with Crippen LogP contribution in [0.3, 0.4) is 0 Å². The van der Waals surface area contributed by atoms with Crippen LogP contribution in [0.5, 0.6) is 0 Å². The second kappa shape index (κ2) is 11.3. The fraction of sp³-hybridized carbons (Fsp3) is 0.917. The molecule has 0 unspecified atom stereocenters. The van der Waals surface area contributed by atoms with Crippen LogP contribution in [-0.2, 0) is 9.47 Å². The highest BCUT2D eigenvalue weighted by Crippen LogP contribution is 1.81. The molecule has 0 rings (SSSR count). The Kier molecular flexibility index (Phi) is 10.7. The third kappa shape index (κ3) is 11.6. The van der Waals surface area contributed by atoms with E-state index in [2.05, 4.69) is 24.5 Å². The van der Waals surface area contributed by atoms with E-state index in [1.165, 1.54) is 4.90 Å². The van der Waals surface area contributed by atoms with E-state index in [-0.39, 0.29) is 6.03 Å². The molecule has 0 aromatic carbocycles. The highest BCUT2D eigenvalue weighted by molar-refractivity contribution is 5.73. The molecule has 0 saturated heterocycles. The van der Waals surface area contributed by atoms with Crippen LogP contribution in [0.4, 0.5) is 4.79 Å². The second-order valence-corrected chi connectivity index (χ2v) is 4.46. The summed E-state index contributed by atoms with van der Waals surface area (Å²) < 4.78 is 10.7. The number of amides is 2. The van der Waals surface area contributed by atoms with E-state index in [0.29, 0.717) is 39.0 Å². The van der Waals surface area contributed by atoms with Gasteiger partial charge in [-0.3, -0.25) is 0 Å². The molecule has 0 bridgehead atoms. The minimum absolute atomic E-state index is 0.102. The van der Waals surface area contributed by atoms with Crippen LogP contribution < -0.4 is 10.6 Å². The van der Waals surface area contributed by atoms with E-state index in [9.17, 15) is 4.79 Å². The van der Waals surface area contributed by atoms with Gasteiger partial charge in [0.05, 0.1) is 26.4 Å². The predicted octanol–water partition coefficient (Wildman–Crippen LogP) is 0.289. The van der Waals surface area contributed by atoms with Crippen LogP contribution in [0.1, 0.15) is 13.8 Å². The number of carbonyl (C=O) groups excluding carboxylic acids is 1. The van der Waals surface area contributed by atoms with Crippen LogP contribution in [0, 0.1) is 0 Å². The molecular weight excluding hydrogens is 234 g/mol. The molecule has 0 aromatic heterocycles. The molecule has 0 fully saturated rings. The van der Waals surface area contributed by atoms with Crippen LogP contribution >= 0.6 is 0 Å². The Labute approximate surface area is 110 Å². The van der Waals surface area contributed by atoms with Crippen molar-refractivity contribution in [3.63, 3.8) is 0 Å². The smallest absolute Gasteiger partial charge is 0.316 e. The third-order valence-electron chi connectivity index (χ3n) is 2.10. The number of hydrogen-bond acceptors (Lipinski definition) is 4. The van der Waals surface area contributed by atoms with E-state index in [1.807, 2.05) is 0 Å². The zero-order chi connectivity index (χ0) is 13.8. The van der Waals surface area contributed by atoms with Gasteiger partial charge in [-0.1, -0.05) is 13.8 Å². The van der Waals surface area contributed by atoms with Gasteiger partial charge in [0.15, 0.2) is 0 Å². The average Bonchev–Trinajstić information content (AvgIpc) is 2.30. The lowest BCUT2D eigenvalue weighted by Gasteiger charge is -2.12. The van der Waals surface area contributed by atoms with Gasteiger partial charge in [-0.25, -0.2) is 4.79 Å². The van der Waals surface area contributed by atoms with Crippen molar-refractivity contribution >= 4 is 6.03 Å². The minimum Gasteiger partial charge on any atom is -0.378 e. The van der Waals surface area contributed by atoms with E-state index in [1.54, 1.807) is 14.1 Å². The van der Waals surface area contributed by atoms with Gasteiger partial charge >= 0.3 is 6.03 Å². The van der Waals surface area contributed by atoms with E-state index < -0.39 is 0 Å². The standard InChI is InChI=1S/C12H27N3O3/c1-11(2)13-5-7-17-9-10-18-8-6-14-12(16)15(3)4/h11,13H,5-10H2,1-4H3,(H,14,16). The maximum absolute atomic E-state index is 11.1. The Morgan fingerprint density at radius 3 is 2.11 bits per heavy atom. The maximum atomic E-state index is 11.1. The highest BCUT2D eigenvalue weighted by atomic mass is 16.5. The number of ether oxygens (including phenoxy) is 2. The first kappa shape index (κ1) is 17.2. The van der Waals surface area contributed by atoms with Crippen molar-refractivity contribution in [3.05, 3.63) is 0 Å². The van der Waals surface area contributed by atoms with Crippen molar-refractivity contribution in [1.82, 2.24) is 15.5 Å². The molecule has 0 aliphatic carbocycles. The summed E-state index contributed by atoms with van der Waals surface area (Å²) in [6.45, 7) is 7.92. The van der Waals surface area contributed by atoms with Crippen molar-refractivity contribution in [2.24, 2.45) is 0 Å². The van der Waals surface area contributed by atoms with Gasteiger partial charge in [-0.2, -0.15) is 0 Å². The summed E-state index contributed by atoms with van der Waals surface area (Å²) in [5.74, 6) is 0. The van der Waals surface area contributed by atoms with Crippen LogP contribution in [-0.4, -0.2) is 70.6 Å². The largest absolute Gasteiger partial charge is 0.378 e. The lowest BCUT2D eigenvalue weighted by molar-refractivity contribution is 0.0498. The number of carbonyl (C=O) groups is 1. The van der Waals surface area contributed by atoms with Gasteiger partial charge < -0.3 is 25.0 Å². The normalized spacial score (nSPS) is 10.7. The first-order valence-corrected chi connectivity index (χ1v) is 6.38. The van der Waals surface area contributed by atoms with Gasteiger partial charge in [-0.15, -0.1) is 0 Å². The second-order valence-electron chi connectivity index (χ2n) is 4.46. The van der Waals surface area contributed by atoms with Gasteiger partial charge in [0.2, 0.25) is 0 Å². The van der Waals surface area contributed by atoms with Crippen LogP contribution in [0.15, 0.2) is 0 Å². The molecule has 108 valence electrons. The molecule has 0 heterocycles. The molecule has 0 spiro atoms. The van der Waals surface area contributed by atoms with Gasteiger partial charge in [0, 0.05) is 33.2 Å². The first-order chi connectivity index (χ1) is 8.54. The van der Waals surface area contributed by atoms with Gasteiger partial charge in [0.1, 0.15) is 0 Å². The van der Waals surface area contributed by atoms with Crippen molar-refractivity contribution in [2.75, 3.05) is 53.6 Å². The molecule has 2 amide bonds. The topological polar surface area (TPSA) is 62.8 Å². The monoisotopic (exact) mass is 261 g/mol. The number of urea groups is 1. The van der Waals surface area contributed by atoms with Crippen molar-refractivity contribution in [2.45, 2.75) is 19.9 Å². The summed E-state index contributed by atoms with van der Waals surface area (Å²) in [5, 5.41) is 5.98. The minimum atomic E-state index is -0.102. The van der Waals surface area contributed by atoms with Gasteiger partial charge in [0.25, 0.3) is 0 Å². The molecule has 0 aliphatic heterocycles. The Morgan fingerprint density at radius 2 is 1.61 bits per heavy atom. The summed E-state index contributed by atoms with van der Waals surface area (Å²) in [7, 11) is 3.41. The molecule has 6 heteroatoms. The van der Waals surface area contributed by atoms with Crippen LogP contribution in [0.25, 0.3) is 0 Å². The molecule has 0 aromatic rings. The third-order valence-corrected chi connectivity index (χ3v) is 2.10. The Bertz CT molecular complexity index is 211. The molecule has 6 nitrogen and oxygen atoms in total. The summed E-state index contributed by atoms with van der Waals surface area (Å²) in [4.78, 5) is 12.6. The first-order valence-electron chi connectivity index (χ1n) is 6.38. The lowest BCUT2D eigenvalue weighted by atomic mass is 10.4. The fourth-order valence-electron chi connectivity index (χ4n) is 1.13. The SMILES string of the molecule is CC(C)NCCOCCOCCNC(=O)N(C)C. The van der Waals surface area contributed by atoms with Crippen molar-refractivity contribution in [1.29, 1.82) is 0 Å². The lowest BCUT2D eigenvalue weighted by Crippen LogP contribution is -2.36. The summed E-state index contributed by atoms with van der Waals surface area (Å²) in [6, 6.07) is 0.389. The molecule has 2 N–H and O–H groups in total. The molecule has 0 radical (unpaired) electrons. The molecule has 0 aliphatic rings. The van der Waals surface area contributed by atoms with Crippen LogP contribution in [0.2, 0.25) is 0 Å². The molecule has 0 atom stereocenters. The Balaban J connectivity index is 3.10. The zero-order valence-electron chi connectivity index (χ0n) is 12.0. The number of nitrogens with one attached hydrogen (secondary N) is 2. The summed E-state index contributed by atoms with van der Waals surface area (Å²) >= 11 is 0. The molecule has 0 saturated carbocycles. The summed E-state index contributed by atoms with van der Waals surface area (Å²) in [5.41, 5.74) is 0. The average molecular weight is 261 g/mol. The van der Waals surface area contributed by atoms with Crippen molar-refractivity contribution in [3.8, 4) is 0 Å². The molecular formula is C12H27N3O3. The number of hydrogen-bond donors (Lipinski definition) is 2. The molecule has 18 heavy (non-hydrogen) atoms.